The van der Waals surface area contributed by atoms with Crippen LogP contribution in [0.15, 0.2) is 18.2 Å². The van der Waals surface area contributed by atoms with E-state index in [0.29, 0.717) is 17.1 Å². The number of nitrogens with one attached hydrogen (secondary N) is 1. The molecule has 2 heterocycles. The van der Waals surface area contributed by atoms with Gasteiger partial charge in [0.15, 0.2) is 6.61 Å². The summed E-state index contributed by atoms with van der Waals surface area (Å²) < 4.78 is 5.47. The minimum absolute atomic E-state index is 0.00320. The number of hydrogen-bond acceptors (Lipinski definition) is 4. The fraction of sp³-hybridized carbons (Fsp3) is 0.526. The van der Waals surface area contributed by atoms with Crippen LogP contribution in [0.25, 0.3) is 0 Å². The third kappa shape index (κ3) is 3.98. The smallest absolute Gasteiger partial charge is 0.265 e. The first-order chi connectivity index (χ1) is 12.5. The lowest BCUT2D eigenvalue weighted by atomic mass is 10.1. The maximum absolute atomic E-state index is 12.6. The Balaban J connectivity index is 1.79. The van der Waals surface area contributed by atoms with Gasteiger partial charge < -0.3 is 15.0 Å². The molecular formula is C19H25N3O4. The summed E-state index contributed by atoms with van der Waals surface area (Å²) >= 11 is 0. The summed E-state index contributed by atoms with van der Waals surface area (Å²) in [7, 11) is 0. The number of carbonyl (C=O) groups is 3. The second-order valence-electron chi connectivity index (χ2n) is 7.04. The average Bonchev–Trinajstić information content (AvgIpc) is 2.64. The summed E-state index contributed by atoms with van der Waals surface area (Å²) in [6, 6.07) is 5.14. The van der Waals surface area contributed by atoms with Gasteiger partial charge in [0.25, 0.3) is 5.91 Å². The van der Waals surface area contributed by atoms with Crippen molar-refractivity contribution in [2.45, 2.75) is 33.1 Å². The normalized spacial score (nSPS) is 17.0. The first-order valence-corrected chi connectivity index (χ1v) is 9.11. The highest BCUT2D eigenvalue weighted by molar-refractivity contribution is 6.03. The van der Waals surface area contributed by atoms with E-state index in [1.807, 2.05) is 18.7 Å². The fourth-order valence-corrected chi connectivity index (χ4v) is 3.12. The molecule has 1 aromatic carbocycles. The molecule has 0 bridgehead atoms. The molecule has 7 heteroatoms. The van der Waals surface area contributed by atoms with Gasteiger partial charge in [-0.2, -0.15) is 0 Å². The van der Waals surface area contributed by atoms with Crippen molar-refractivity contribution >= 4 is 29.1 Å². The van der Waals surface area contributed by atoms with Crippen molar-refractivity contribution in [3.8, 4) is 5.75 Å². The third-order valence-electron chi connectivity index (χ3n) is 4.70. The molecular weight excluding hydrogens is 334 g/mol. The highest BCUT2D eigenvalue weighted by Gasteiger charge is 2.29. The third-order valence-corrected chi connectivity index (χ3v) is 4.70. The zero-order valence-electron chi connectivity index (χ0n) is 15.3. The largest absolute Gasteiger partial charge is 0.482 e. The van der Waals surface area contributed by atoms with Gasteiger partial charge in [0.2, 0.25) is 11.8 Å². The summed E-state index contributed by atoms with van der Waals surface area (Å²) in [6.07, 6.45) is 3.15. The van der Waals surface area contributed by atoms with Crippen LogP contribution in [-0.2, 0) is 14.4 Å². The van der Waals surface area contributed by atoms with Crippen molar-refractivity contribution in [2.75, 3.05) is 36.5 Å². The molecule has 1 saturated heterocycles. The van der Waals surface area contributed by atoms with Crippen molar-refractivity contribution in [2.24, 2.45) is 5.92 Å². The lowest BCUT2D eigenvalue weighted by molar-refractivity contribution is -0.132. The van der Waals surface area contributed by atoms with E-state index < -0.39 is 0 Å². The molecule has 1 aromatic rings. The van der Waals surface area contributed by atoms with Crippen LogP contribution < -0.4 is 15.0 Å². The number of amides is 3. The van der Waals surface area contributed by atoms with Crippen LogP contribution >= 0.6 is 0 Å². The molecule has 26 heavy (non-hydrogen) atoms. The van der Waals surface area contributed by atoms with Crippen molar-refractivity contribution in [3.63, 3.8) is 0 Å². The highest BCUT2D eigenvalue weighted by Crippen LogP contribution is 2.34. The molecule has 2 aliphatic heterocycles. The number of fused-ring (bicyclic) bond motifs is 1. The average molecular weight is 359 g/mol. The van der Waals surface area contributed by atoms with Crippen LogP contribution in [0.1, 0.15) is 33.1 Å². The van der Waals surface area contributed by atoms with Crippen LogP contribution in [0.2, 0.25) is 0 Å². The Morgan fingerprint density at radius 1 is 1.19 bits per heavy atom. The highest BCUT2D eigenvalue weighted by atomic mass is 16.5. The van der Waals surface area contributed by atoms with E-state index in [2.05, 4.69) is 5.32 Å². The Morgan fingerprint density at radius 3 is 2.62 bits per heavy atom. The number of hydrogen-bond donors (Lipinski definition) is 1. The topological polar surface area (TPSA) is 79.0 Å². The first-order valence-electron chi connectivity index (χ1n) is 9.11. The zero-order chi connectivity index (χ0) is 18.7. The number of benzene rings is 1. The van der Waals surface area contributed by atoms with E-state index in [4.69, 9.17) is 4.74 Å². The lowest BCUT2D eigenvalue weighted by Gasteiger charge is -2.33. The van der Waals surface area contributed by atoms with E-state index in [1.54, 1.807) is 18.2 Å². The van der Waals surface area contributed by atoms with Gasteiger partial charge in [-0.1, -0.05) is 13.8 Å². The van der Waals surface area contributed by atoms with Gasteiger partial charge in [-0.25, -0.2) is 0 Å². The van der Waals surface area contributed by atoms with E-state index in [9.17, 15) is 14.4 Å². The lowest BCUT2D eigenvalue weighted by Crippen LogP contribution is -2.47. The molecule has 2 aliphatic rings. The number of ether oxygens (including phenoxy) is 1. The SMILES string of the molecule is CC(C)C(=O)Nc1ccc2c(c1)N(CC(=O)N1CCCCC1)C(=O)CO2. The molecule has 3 amide bonds. The molecule has 1 fully saturated rings. The van der Waals surface area contributed by atoms with Crippen molar-refractivity contribution < 1.29 is 19.1 Å². The number of likely N-dealkylation sites (tertiary alicyclic amines) is 1. The van der Waals surface area contributed by atoms with Crippen molar-refractivity contribution in [1.29, 1.82) is 0 Å². The molecule has 7 nitrogen and oxygen atoms in total. The van der Waals surface area contributed by atoms with Gasteiger partial charge in [-0.3, -0.25) is 19.3 Å². The van der Waals surface area contributed by atoms with Crippen LogP contribution in [0.4, 0.5) is 11.4 Å². The fourth-order valence-electron chi connectivity index (χ4n) is 3.12. The number of carbonyl (C=O) groups excluding carboxylic acids is 3. The molecule has 0 unspecified atom stereocenters. The number of piperidine rings is 1. The quantitative estimate of drug-likeness (QED) is 0.892. The minimum atomic E-state index is -0.254. The summed E-state index contributed by atoms with van der Waals surface area (Å²) in [5.41, 5.74) is 1.10. The first kappa shape index (κ1) is 18.2. The van der Waals surface area contributed by atoms with Crippen LogP contribution in [0, 0.1) is 5.92 Å². The summed E-state index contributed by atoms with van der Waals surface area (Å²) in [5, 5.41) is 2.82. The second-order valence-corrected chi connectivity index (χ2v) is 7.04. The number of nitrogens with zero attached hydrogens (tertiary/aromatic N) is 2. The summed E-state index contributed by atoms with van der Waals surface area (Å²) in [5.74, 6) is -0.0269. The molecule has 3 rings (SSSR count). The van der Waals surface area contributed by atoms with Crippen LogP contribution in [0.3, 0.4) is 0 Å². The predicted octanol–water partition coefficient (Wildman–Crippen LogP) is 2.02. The Hall–Kier alpha value is -2.57. The Bertz CT molecular complexity index is 711. The molecule has 140 valence electrons. The predicted molar refractivity (Wildman–Crippen MR) is 98.2 cm³/mol. The monoisotopic (exact) mass is 359 g/mol. The van der Waals surface area contributed by atoms with Crippen molar-refractivity contribution in [1.82, 2.24) is 4.90 Å². The molecule has 0 saturated carbocycles. The summed E-state index contributed by atoms with van der Waals surface area (Å²) in [6.45, 7) is 5.02. The second kappa shape index (κ2) is 7.76. The molecule has 0 aliphatic carbocycles. The maximum Gasteiger partial charge on any atom is 0.265 e. The molecule has 1 N–H and O–H groups in total. The molecule has 0 aromatic heterocycles. The van der Waals surface area contributed by atoms with Gasteiger partial charge in [0.1, 0.15) is 12.3 Å². The van der Waals surface area contributed by atoms with Gasteiger partial charge in [0, 0.05) is 24.7 Å². The maximum atomic E-state index is 12.6. The molecule has 0 radical (unpaired) electrons. The number of anilines is 2. The Kier molecular flexibility index (Phi) is 5.44. The van der Waals surface area contributed by atoms with E-state index in [0.717, 1.165) is 32.4 Å². The van der Waals surface area contributed by atoms with Gasteiger partial charge in [0.05, 0.1) is 5.69 Å². The van der Waals surface area contributed by atoms with Gasteiger partial charge >= 0.3 is 0 Å². The van der Waals surface area contributed by atoms with E-state index in [1.165, 1.54) is 4.90 Å². The summed E-state index contributed by atoms with van der Waals surface area (Å²) in [4.78, 5) is 40.2. The van der Waals surface area contributed by atoms with Gasteiger partial charge in [-0.15, -0.1) is 0 Å². The zero-order valence-corrected chi connectivity index (χ0v) is 15.3. The van der Waals surface area contributed by atoms with Gasteiger partial charge in [-0.05, 0) is 37.5 Å². The Labute approximate surface area is 153 Å². The molecule has 0 atom stereocenters. The van der Waals surface area contributed by atoms with Crippen LogP contribution in [0.5, 0.6) is 5.75 Å². The van der Waals surface area contributed by atoms with Crippen LogP contribution in [-0.4, -0.2) is 48.9 Å². The Morgan fingerprint density at radius 2 is 1.92 bits per heavy atom. The molecule has 0 spiro atoms. The minimum Gasteiger partial charge on any atom is -0.482 e. The standard InChI is InChI=1S/C19H25N3O4/c1-13(2)19(25)20-14-6-7-16-15(10-14)22(18(24)12-26-16)11-17(23)21-8-4-3-5-9-21/h6-7,10,13H,3-5,8-9,11-12H2,1-2H3,(H,20,25). The van der Waals surface area contributed by atoms with E-state index >= 15 is 0 Å². The van der Waals surface area contributed by atoms with Crippen molar-refractivity contribution in [3.05, 3.63) is 18.2 Å². The number of rotatable bonds is 4. The van der Waals surface area contributed by atoms with E-state index in [-0.39, 0.29) is 36.8 Å².